The minimum absolute atomic E-state index is 0.814. The first-order chi connectivity index (χ1) is 34.2. The molecular formula is C58H64O8P4. The average molecular weight is 1010 g/mol. The fourth-order valence-electron chi connectivity index (χ4n) is 11.9. The Balaban J connectivity index is 1.60. The predicted molar refractivity (Wildman–Crippen MR) is 304 cm³/mol. The molecule has 0 radical (unpaired) electrons. The summed E-state index contributed by atoms with van der Waals surface area (Å²) in [5.74, 6) is 8.33. The Kier molecular flexibility index (Phi) is 14.4. The van der Waals surface area contributed by atoms with Gasteiger partial charge in [0.1, 0.15) is 0 Å². The van der Waals surface area contributed by atoms with Gasteiger partial charge in [-0.2, -0.15) is 0 Å². The monoisotopic (exact) mass is 1010 g/mol. The molecule has 12 heteroatoms. The Hall–Kier alpha value is -6.12. The van der Waals surface area contributed by atoms with E-state index in [1.54, 1.807) is 56.9 Å². The standard InChI is InChI=1S/C58H64O8P4/c1-59-43-9-25-51(26-10-43)67(52-27-11-44(60-2)12-28-52)41-69(55-33-17-47(63-5)18-34-55,56-35-19-48(64-6)20-36-56)70(57-37-21-49(65-7)22-38-57,58-39-23-50(66-8)24-40-58)42-68(67,53-29-13-45(61-3)14-30-53)54-31-15-46(62-4)16-32-54/h9-40,67-70H,41-42H2,1-8H3. The summed E-state index contributed by atoms with van der Waals surface area (Å²) in [4.78, 5) is 0. The van der Waals surface area contributed by atoms with Crippen molar-refractivity contribution >= 4 is 70.2 Å². The van der Waals surface area contributed by atoms with E-state index in [1.807, 2.05) is 0 Å². The molecule has 0 aliphatic carbocycles. The summed E-state index contributed by atoms with van der Waals surface area (Å²) in [6.07, 6.45) is 0. The maximum absolute atomic E-state index is 5.96. The number of hydrogen-bond acceptors (Lipinski definition) is 8. The van der Waals surface area contributed by atoms with Gasteiger partial charge in [-0.05, 0) is 0 Å². The van der Waals surface area contributed by atoms with Gasteiger partial charge in [0.15, 0.2) is 0 Å². The Morgan fingerprint density at radius 1 is 0.186 bits per heavy atom. The van der Waals surface area contributed by atoms with Gasteiger partial charge >= 0.3 is 417 Å². The molecule has 0 saturated carbocycles. The van der Waals surface area contributed by atoms with E-state index in [-0.39, 0.29) is 0 Å². The number of methoxy groups -OCH3 is 8. The zero-order valence-corrected chi connectivity index (χ0v) is 45.2. The van der Waals surface area contributed by atoms with Gasteiger partial charge in [0.25, 0.3) is 0 Å². The molecule has 1 saturated heterocycles. The van der Waals surface area contributed by atoms with Crippen LogP contribution < -0.4 is 80.3 Å². The molecule has 0 amide bonds. The molecule has 8 nitrogen and oxygen atoms in total. The fourth-order valence-corrected chi connectivity index (χ4v) is 80.2. The van der Waals surface area contributed by atoms with E-state index in [4.69, 9.17) is 37.9 Å². The zero-order valence-electron chi connectivity index (χ0n) is 41.2. The van der Waals surface area contributed by atoms with Gasteiger partial charge in [0.05, 0.1) is 0 Å². The Bertz CT molecular complexity index is 2380. The Morgan fingerprint density at radius 3 is 0.371 bits per heavy atom. The molecule has 0 atom stereocenters. The van der Waals surface area contributed by atoms with Crippen molar-refractivity contribution in [3.05, 3.63) is 194 Å². The van der Waals surface area contributed by atoms with Gasteiger partial charge in [0, 0.05) is 0 Å². The molecule has 0 unspecified atom stereocenters. The van der Waals surface area contributed by atoms with E-state index >= 15 is 0 Å². The van der Waals surface area contributed by atoms with Crippen LogP contribution >= 0.6 is 27.8 Å². The van der Waals surface area contributed by atoms with E-state index in [9.17, 15) is 0 Å². The van der Waals surface area contributed by atoms with E-state index in [0.717, 1.165) is 57.8 Å². The summed E-state index contributed by atoms with van der Waals surface area (Å²) in [6.45, 7) is -13.3. The maximum atomic E-state index is 5.96. The van der Waals surface area contributed by atoms with Crippen molar-refractivity contribution in [3.8, 4) is 46.0 Å². The Labute approximate surface area is 415 Å². The van der Waals surface area contributed by atoms with Crippen LogP contribution in [0.15, 0.2) is 194 Å². The summed E-state index contributed by atoms with van der Waals surface area (Å²) in [6, 6.07) is 73.0. The summed E-state index contributed by atoms with van der Waals surface area (Å²) in [5.41, 5.74) is 0. The van der Waals surface area contributed by atoms with Crippen molar-refractivity contribution in [1.82, 2.24) is 0 Å². The van der Waals surface area contributed by atoms with Crippen LogP contribution in [0.4, 0.5) is 0 Å². The molecule has 1 aliphatic heterocycles. The van der Waals surface area contributed by atoms with Crippen molar-refractivity contribution in [2.45, 2.75) is 0 Å². The molecule has 0 aromatic heterocycles. The van der Waals surface area contributed by atoms with Crippen LogP contribution in [0.3, 0.4) is 0 Å². The Morgan fingerprint density at radius 2 is 0.286 bits per heavy atom. The number of benzene rings is 8. The molecule has 0 spiro atoms. The third-order valence-corrected chi connectivity index (χ3v) is 59.2. The molecular weight excluding hydrogens is 949 g/mol. The van der Waals surface area contributed by atoms with E-state index < -0.39 is 27.8 Å². The van der Waals surface area contributed by atoms with Gasteiger partial charge in [-0.25, -0.2) is 0 Å². The predicted octanol–water partition coefficient (Wildman–Crippen LogP) is 9.42. The second-order valence-corrected chi connectivity index (χ2v) is 42.7. The molecule has 70 heavy (non-hydrogen) atoms. The van der Waals surface area contributed by atoms with Crippen LogP contribution in [-0.4, -0.2) is 68.7 Å². The van der Waals surface area contributed by atoms with Crippen LogP contribution in [0, 0.1) is 0 Å². The van der Waals surface area contributed by atoms with Crippen LogP contribution in [0.25, 0.3) is 0 Å². The van der Waals surface area contributed by atoms with Gasteiger partial charge in [-0.1, -0.05) is 0 Å². The second-order valence-electron chi connectivity index (χ2n) is 17.8. The summed E-state index contributed by atoms with van der Waals surface area (Å²) in [7, 11) is 14.0. The van der Waals surface area contributed by atoms with E-state index in [2.05, 4.69) is 194 Å². The third-order valence-electron chi connectivity index (χ3n) is 15.2. The zero-order chi connectivity index (χ0) is 48.9. The van der Waals surface area contributed by atoms with Crippen molar-refractivity contribution < 1.29 is 37.9 Å². The molecule has 1 heterocycles. The summed E-state index contributed by atoms with van der Waals surface area (Å²) < 4.78 is 47.7. The van der Waals surface area contributed by atoms with Crippen molar-refractivity contribution in [3.63, 3.8) is 0 Å². The molecule has 8 aromatic carbocycles. The van der Waals surface area contributed by atoms with Crippen LogP contribution in [-0.2, 0) is 0 Å². The fraction of sp³-hybridized carbons (Fsp3) is 0.172. The quantitative estimate of drug-likeness (QED) is 0.0888. The average Bonchev–Trinajstić information content (AvgIpc) is 3.45. The third kappa shape index (κ3) is 8.14. The first-order valence-corrected chi connectivity index (χ1v) is 34.2. The summed E-state index contributed by atoms with van der Waals surface area (Å²) >= 11 is 0. The van der Waals surface area contributed by atoms with Crippen molar-refractivity contribution in [2.24, 2.45) is 0 Å². The van der Waals surface area contributed by atoms with Crippen molar-refractivity contribution in [2.75, 3.05) is 68.7 Å². The van der Waals surface area contributed by atoms with Crippen LogP contribution in [0.5, 0.6) is 46.0 Å². The van der Waals surface area contributed by atoms with E-state index in [0.29, 0.717) is 0 Å². The van der Waals surface area contributed by atoms with Crippen LogP contribution in [0.1, 0.15) is 0 Å². The van der Waals surface area contributed by atoms with Gasteiger partial charge < -0.3 is 0 Å². The second kappa shape index (κ2) is 20.7. The molecule has 8 aromatic rings. The molecule has 9 rings (SSSR count). The molecule has 1 fully saturated rings. The van der Waals surface area contributed by atoms with Crippen LogP contribution in [0.2, 0.25) is 0 Å². The molecule has 364 valence electrons. The number of hydrogen-bond donors (Lipinski definition) is 0. The van der Waals surface area contributed by atoms with Gasteiger partial charge in [0.2, 0.25) is 0 Å². The number of ether oxygens (including phenoxy) is 8. The van der Waals surface area contributed by atoms with Gasteiger partial charge in [-0.3, -0.25) is 0 Å². The molecule has 1 aliphatic rings. The SMILES string of the molecule is COc1ccc([PH]2(c3ccc(OC)cc3)C[PH](c3ccc(OC)cc3)(c3ccc(OC)cc3)[PH](c3ccc(OC)cc3)(c3ccc(OC)cc3)C[PH]2(c2ccc(OC)cc2)c2ccc(OC)cc2)cc1. The van der Waals surface area contributed by atoms with Crippen molar-refractivity contribution in [1.29, 1.82) is 0 Å². The number of rotatable bonds is 16. The first kappa shape index (κ1) is 48.9. The minimum atomic E-state index is -3.33. The molecule has 0 bridgehead atoms. The summed E-state index contributed by atoms with van der Waals surface area (Å²) in [5, 5.41) is 10.8. The van der Waals surface area contributed by atoms with Gasteiger partial charge in [-0.15, -0.1) is 0 Å². The first-order valence-electron chi connectivity index (χ1n) is 23.4. The molecule has 0 N–H and O–H groups in total. The topological polar surface area (TPSA) is 73.8 Å². The van der Waals surface area contributed by atoms with E-state index in [1.165, 1.54) is 42.4 Å². The normalized spacial score (nSPS) is 17.0.